The standard InChI is InChI=1S/C16H15FN4O2S2/c1-2-3-10-7-13(22)20-15(18-10)24-8-14(23)21-16-19-11-5-4-9(17)6-12(11)25-16/h4-7H,2-3,8H2,1H3,(H,18,20,22)(H,19,21,23). The molecule has 0 spiro atoms. The van der Waals surface area contributed by atoms with E-state index in [1.165, 1.54) is 29.5 Å². The van der Waals surface area contributed by atoms with Crippen molar-refractivity contribution in [2.24, 2.45) is 0 Å². The summed E-state index contributed by atoms with van der Waals surface area (Å²) in [5.41, 5.74) is 1.12. The van der Waals surface area contributed by atoms with Gasteiger partial charge in [-0.15, -0.1) is 0 Å². The lowest BCUT2D eigenvalue weighted by atomic mass is 10.2. The third-order valence-corrected chi connectivity index (χ3v) is 5.02. The first-order valence-electron chi connectivity index (χ1n) is 7.62. The second kappa shape index (κ2) is 7.75. The van der Waals surface area contributed by atoms with Crippen molar-refractivity contribution in [1.82, 2.24) is 15.0 Å². The fourth-order valence-corrected chi connectivity index (χ4v) is 3.78. The van der Waals surface area contributed by atoms with Crippen molar-refractivity contribution < 1.29 is 9.18 Å². The van der Waals surface area contributed by atoms with Crippen molar-refractivity contribution in [3.8, 4) is 0 Å². The Hall–Kier alpha value is -2.26. The number of hydrogen-bond donors (Lipinski definition) is 2. The number of aromatic nitrogens is 3. The van der Waals surface area contributed by atoms with Crippen LogP contribution in [0.15, 0.2) is 34.2 Å². The lowest BCUT2D eigenvalue weighted by Gasteiger charge is -2.03. The molecule has 0 radical (unpaired) electrons. The van der Waals surface area contributed by atoms with Gasteiger partial charge in [0.15, 0.2) is 10.3 Å². The van der Waals surface area contributed by atoms with Gasteiger partial charge in [-0.25, -0.2) is 14.4 Å². The van der Waals surface area contributed by atoms with Crippen molar-refractivity contribution in [3.05, 3.63) is 46.1 Å². The molecular weight excluding hydrogens is 363 g/mol. The fraction of sp³-hybridized carbons (Fsp3) is 0.250. The highest BCUT2D eigenvalue weighted by Crippen LogP contribution is 2.26. The number of carbonyl (C=O) groups excluding carboxylic acids is 1. The van der Waals surface area contributed by atoms with Crippen LogP contribution in [0, 0.1) is 5.82 Å². The maximum Gasteiger partial charge on any atom is 0.251 e. The van der Waals surface area contributed by atoms with Crippen molar-refractivity contribution in [3.63, 3.8) is 0 Å². The predicted octanol–water partition coefficient (Wildman–Crippen LogP) is 3.20. The Morgan fingerprint density at radius 1 is 1.36 bits per heavy atom. The number of thiazole rings is 1. The van der Waals surface area contributed by atoms with E-state index in [0.29, 0.717) is 32.6 Å². The second-order valence-corrected chi connectivity index (χ2v) is 7.25. The van der Waals surface area contributed by atoms with Crippen LogP contribution in [0.2, 0.25) is 0 Å². The molecule has 3 aromatic rings. The number of halogens is 1. The molecule has 0 aliphatic heterocycles. The SMILES string of the molecule is CCCc1cc(=O)[nH]c(SCC(=O)Nc2nc3ccc(F)cc3s2)n1. The summed E-state index contributed by atoms with van der Waals surface area (Å²) in [5, 5.41) is 3.50. The van der Waals surface area contributed by atoms with E-state index in [0.717, 1.165) is 18.2 Å². The second-order valence-electron chi connectivity index (χ2n) is 5.26. The zero-order valence-electron chi connectivity index (χ0n) is 13.3. The molecule has 1 amide bonds. The summed E-state index contributed by atoms with van der Waals surface area (Å²) < 4.78 is 13.9. The number of fused-ring (bicyclic) bond motifs is 1. The molecule has 0 fully saturated rings. The van der Waals surface area contributed by atoms with Crippen LogP contribution in [-0.4, -0.2) is 26.6 Å². The van der Waals surface area contributed by atoms with E-state index in [2.05, 4.69) is 20.3 Å². The van der Waals surface area contributed by atoms with Crippen LogP contribution in [-0.2, 0) is 11.2 Å². The summed E-state index contributed by atoms with van der Waals surface area (Å²) in [5.74, 6) is -0.525. The maximum absolute atomic E-state index is 13.2. The molecule has 2 aromatic heterocycles. The van der Waals surface area contributed by atoms with Gasteiger partial charge in [0.25, 0.3) is 5.56 Å². The molecule has 9 heteroatoms. The molecule has 0 atom stereocenters. The number of nitrogens with zero attached hydrogens (tertiary/aromatic N) is 2. The van der Waals surface area contributed by atoms with Gasteiger partial charge in [0, 0.05) is 11.8 Å². The number of anilines is 1. The minimum absolute atomic E-state index is 0.0861. The first-order valence-corrected chi connectivity index (χ1v) is 9.42. The van der Waals surface area contributed by atoms with Crippen LogP contribution in [0.25, 0.3) is 10.2 Å². The number of aryl methyl sites for hydroxylation is 1. The molecule has 0 aliphatic carbocycles. The minimum atomic E-state index is -0.341. The van der Waals surface area contributed by atoms with Crippen molar-refractivity contribution in [1.29, 1.82) is 0 Å². The molecule has 3 rings (SSSR count). The summed E-state index contributed by atoms with van der Waals surface area (Å²) >= 11 is 2.36. The fourth-order valence-electron chi connectivity index (χ4n) is 2.18. The normalized spacial score (nSPS) is 11.0. The average Bonchev–Trinajstić information content (AvgIpc) is 2.94. The number of hydrogen-bond acceptors (Lipinski definition) is 6. The number of benzene rings is 1. The predicted molar refractivity (Wildman–Crippen MR) is 97.8 cm³/mol. The number of H-pyrrole nitrogens is 1. The highest BCUT2D eigenvalue weighted by molar-refractivity contribution is 7.99. The van der Waals surface area contributed by atoms with Crippen molar-refractivity contribution in [2.75, 3.05) is 11.1 Å². The molecule has 0 saturated heterocycles. The quantitative estimate of drug-likeness (QED) is 0.508. The van der Waals surface area contributed by atoms with Crippen LogP contribution in [0.3, 0.4) is 0 Å². The van der Waals surface area contributed by atoms with E-state index < -0.39 is 0 Å². The van der Waals surface area contributed by atoms with E-state index in [9.17, 15) is 14.0 Å². The zero-order valence-corrected chi connectivity index (χ0v) is 15.0. The summed E-state index contributed by atoms with van der Waals surface area (Å²) in [7, 11) is 0. The Morgan fingerprint density at radius 3 is 3.00 bits per heavy atom. The number of nitrogens with one attached hydrogen (secondary N) is 2. The maximum atomic E-state index is 13.2. The summed E-state index contributed by atoms with van der Waals surface area (Å²) in [6, 6.07) is 5.74. The minimum Gasteiger partial charge on any atom is -0.301 e. The molecule has 1 aromatic carbocycles. The Kier molecular flexibility index (Phi) is 5.44. The molecule has 0 saturated carbocycles. The van der Waals surface area contributed by atoms with Gasteiger partial charge in [0.2, 0.25) is 5.91 Å². The van der Waals surface area contributed by atoms with Crippen LogP contribution in [0.1, 0.15) is 19.0 Å². The molecular formula is C16H15FN4O2S2. The highest BCUT2D eigenvalue weighted by atomic mass is 32.2. The van der Waals surface area contributed by atoms with Gasteiger partial charge >= 0.3 is 0 Å². The van der Waals surface area contributed by atoms with Crippen LogP contribution < -0.4 is 10.9 Å². The largest absolute Gasteiger partial charge is 0.301 e. The van der Waals surface area contributed by atoms with Gasteiger partial charge < -0.3 is 10.3 Å². The Bertz CT molecular complexity index is 970. The van der Waals surface area contributed by atoms with E-state index in [1.54, 1.807) is 6.07 Å². The van der Waals surface area contributed by atoms with Gasteiger partial charge in [-0.05, 0) is 24.6 Å². The third-order valence-electron chi connectivity index (χ3n) is 3.22. The van der Waals surface area contributed by atoms with Crippen molar-refractivity contribution in [2.45, 2.75) is 24.9 Å². The molecule has 25 heavy (non-hydrogen) atoms. The van der Waals surface area contributed by atoms with Gasteiger partial charge in [-0.2, -0.15) is 0 Å². The van der Waals surface area contributed by atoms with E-state index in [1.807, 2.05) is 6.92 Å². The molecule has 2 N–H and O–H groups in total. The molecule has 0 aliphatic rings. The molecule has 0 unspecified atom stereocenters. The highest BCUT2D eigenvalue weighted by Gasteiger charge is 2.10. The number of carbonyl (C=O) groups is 1. The smallest absolute Gasteiger partial charge is 0.251 e. The number of aromatic amines is 1. The molecule has 0 bridgehead atoms. The monoisotopic (exact) mass is 378 g/mol. The van der Waals surface area contributed by atoms with Gasteiger partial charge in [-0.3, -0.25) is 9.59 Å². The van der Waals surface area contributed by atoms with Crippen molar-refractivity contribution >= 4 is 44.4 Å². The lowest BCUT2D eigenvalue weighted by Crippen LogP contribution is -2.15. The van der Waals surface area contributed by atoms with Crippen LogP contribution >= 0.6 is 23.1 Å². The van der Waals surface area contributed by atoms with Gasteiger partial charge in [-0.1, -0.05) is 36.4 Å². The van der Waals surface area contributed by atoms with Gasteiger partial charge in [0.1, 0.15) is 5.82 Å². The van der Waals surface area contributed by atoms with Crippen LogP contribution in [0.4, 0.5) is 9.52 Å². The number of thioether (sulfide) groups is 1. The molecule has 130 valence electrons. The Labute approximate surface area is 150 Å². The lowest BCUT2D eigenvalue weighted by molar-refractivity contribution is -0.113. The first-order chi connectivity index (χ1) is 12.0. The molecule has 6 nitrogen and oxygen atoms in total. The van der Waals surface area contributed by atoms with E-state index in [-0.39, 0.29) is 23.0 Å². The van der Waals surface area contributed by atoms with E-state index in [4.69, 9.17) is 0 Å². The Morgan fingerprint density at radius 2 is 2.20 bits per heavy atom. The summed E-state index contributed by atoms with van der Waals surface area (Å²) in [4.78, 5) is 34.8. The average molecular weight is 378 g/mol. The van der Waals surface area contributed by atoms with E-state index >= 15 is 0 Å². The Balaban J connectivity index is 1.63. The topological polar surface area (TPSA) is 87.7 Å². The zero-order chi connectivity index (χ0) is 17.8. The summed E-state index contributed by atoms with van der Waals surface area (Å²) in [6.45, 7) is 2.01. The first kappa shape index (κ1) is 17.6. The third kappa shape index (κ3) is 4.64. The number of rotatable bonds is 6. The van der Waals surface area contributed by atoms with Gasteiger partial charge in [0.05, 0.1) is 16.0 Å². The van der Waals surface area contributed by atoms with Crippen LogP contribution in [0.5, 0.6) is 0 Å². The molecule has 2 heterocycles. The summed E-state index contributed by atoms with van der Waals surface area (Å²) in [6.07, 6.45) is 1.60. The number of amides is 1.